The first kappa shape index (κ1) is 16.2. The summed E-state index contributed by atoms with van der Waals surface area (Å²) in [5.74, 6) is 0.00875. The number of rotatable bonds is 7. The molecule has 6 nitrogen and oxygen atoms in total. The Morgan fingerprint density at radius 2 is 2.00 bits per heavy atom. The van der Waals surface area contributed by atoms with Crippen molar-refractivity contribution in [2.75, 3.05) is 20.2 Å². The Morgan fingerprint density at radius 3 is 2.55 bits per heavy atom. The van der Waals surface area contributed by atoms with Crippen LogP contribution in [0.4, 0.5) is 0 Å². The van der Waals surface area contributed by atoms with Crippen LogP contribution in [-0.4, -0.2) is 43.0 Å². The van der Waals surface area contributed by atoms with Crippen LogP contribution in [0.15, 0.2) is 16.5 Å². The van der Waals surface area contributed by atoms with Crippen LogP contribution in [0.25, 0.3) is 0 Å². The fourth-order valence-corrected chi connectivity index (χ4v) is 1.76. The SMILES string of the molecule is CCN(CC)Cc1ccc(C(=O)NC(C)C(=O)OC)o1. The van der Waals surface area contributed by atoms with Gasteiger partial charge in [0.05, 0.1) is 13.7 Å². The van der Waals surface area contributed by atoms with Crippen molar-refractivity contribution >= 4 is 11.9 Å². The summed E-state index contributed by atoms with van der Waals surface area (Å²) in [6.45, 7) is 8.18. The van der Waals surface area contributed by atoms with Crippen molar-refractivity contribution < 1.29 is 18.7 Å². The number of amides is 1. The fourth-order valence-electron chi connectivity index (χ4n) is 1.76. The van der Waals surface area contributed by atoms with Gasteiger partial charge in [0.1, 0.15) is 11.8 Å². The van der Waals surface area contributed by atoms with Gasteiger partial charge in [-0.2, -0.15) is 0 Å². The molecule has 0 bridgehead atoms. The lowest BCUT2D eigenvalue weighted by atomic mass is 10.3. The Balaban J connectivity index is 2.62. The molecule has 112 valence electrons. The van der Waals surface area contributed by atoms with E-state index in [2.05, 4.69) is 28.8 Å². The van der Waals surface area contributed by atoms with E-state index in [1.807, 2.05) is 0 Å². The number of nitrogens with zero attached hydrogens (tertiary/aromatic N) is 1. The topological polar surface area (TPSA) is 71.8 Å². The molecule has 0 spiro atoms. The molecule has 6 heteroatoms. The van der Waals surface area contributed by atoms with E-state index >= 15 is 0 Å². The molecule has 1 aromatic rings. The number of carbonyl (C=O) groups is 2. The van der Waals surface area contributed by atoms with Crippen LogP contribution in [0.3, 0.4) is 0 Å². The highest BCUT2D eigenvalue weighted by atomic mass is 16.5. The number of furan rings is 1. The summed E-state index contributed by atoms with van der Waals surface area (Å²) in [4.78, 5) is 25.3. The summed E-state index contributed by atoms with van der Waals surface area (Å²) in [5, 5.41) is 2.52. The highest BCUT2D eigenvalue weighted by molar-refractivity contribution is 5.94. The molecule has 1 atom stereocenters. The molecule has 0 saturated carbocycles. The van der Waals surface area contributed by atoms with Crippen LogP contribution in [0, 0.1) is 0 Å². The van der Waals surface area contributed by atoms with E-state index in [0.29, 0.717) is 6.54 Å². The van der Waals surface area contributed by atoms with Gasteiger partial charge in [-0.1, -0.05) is 13.8 Å². The van der Waals surface area contributed by atoms with Crippen molar-refractivity contribution in [3.05, 3.63) is 23.7 Å². The van der Waals surface area contributed by atoms with Crippen molar-refractivity contribution in [3.8, 4) is 0 Å². The summed E-state index contributed by atoms with van der Waals surface area (Å²) in [5.41, 5.74) is 0. The Bertz CT molecular complexity index is 452. The molecular weight excluding hydrogens is 260 g/mol. The minimum absolute atomic E-state index is 0.197. The highest BCUT2D eigenvalue weighted by Crippen LogP contribution is 2.11. The Kier molecular flexibility index (Phi) is 6.24. The van der Waals surface area contributed by atoms with Crippen molar-refractivity contribution in [2.45, 2.75) is 33.4 Å². The van der Waals surface area contributed by atoms with Crippen molar-refractivity contribution in [2.24, 2.45) is 0 Å². The molecule has 0 aromatic carbocycles. The number of carbonyl (C=O) groups excluding carboxylic acids is 2. The van der Waals surface area contributed by atoms with Gasteiger partial charge in [-0.15, -0.1) is 0 Å². The largest absolute Gasteiger partial charge is 0.467 e. The van der Waals surface area contributed by atoms with Crippen LogP contribution in [0.2, 0.25) is 0 Å². The molecule has 1 N–H and O–H groups in total. The van der Waals surface area contributed by atoms with Crippen LogP contribution in [0.5, 0.6) is 0 Å². The van der Waals surface area contributed by atoms with Gasteiger partial charge in [-0.05, 0) is 32.1 Å². The summed E-state index contributed by atoms with van der Waals surface area (Å²) < 4.78 is 10.0. The minimum atomic E-state index is -0.705. The predicted molar refractivity (Wildman–Crippen MR) is 74.3 cm³/mol. The molecule has 0 saturated heterocycles. The molecule has 1 rings (SSSR count). The molecule has 1 aromatic heterocycles. The monoisotopic (exact) mass is 282 g/mol. The summed E-state index contributed by atoms with van der Waals surface area (Å²) in [7, 11) is 1.28. The first-order valence-electron chi connectivity index (χ1n) is 6.71. The molecule has 0 aliphatic rings. The molecule has 0 radical (unpaired) electrons. The highest BCUT2D eigenvalue weighted by Gasteiger charge is 2.19. The predicted octanol–water partition coefficient (Wildman–Crippen LogP) is 1.41. The lowest BCUT2D eigenvalue weighted by Crippen LogP contribution is -2.38. The van der Waals surface area contributed by atoms with Crippen LogP contribution < -0.4 is 5.32 Å². The average molecular weight is 282 g/mol. The van der Waals surface area contributed by atoms with E-state index in [1.165, 1.54) is 7.11 Å². The molecule has 0 aliphatic heterocycles. The zero-order chi connectivity index (χ0) is 15.1. The zero-order valence-electron chi connectivity index (χ0n) is 12.4. The van der Waals surface area contributed by atoms with Crippen molar-refractivity contribution in [1.82, 2.24) is 10.2 Å². The van der Waals surface area contributed by atoms with E-state index in [0.717, 1.165) is 18.8 Å². The van der Waals surface area contributed by atoms with E-state index in [9.17, 15) is 9.59 Å². The lowest BCUT2D eigenvalue weighted by molar-refractivity contribution is -0.142. The van der Waals surface area contributed by atoms with Gasteiger partial charge in [-0.25, -0.2) is 4.79 Å². The van der Waals surface area contributed by atoms with Gasteiger partial charge in [-0.3, -0.25) is 9.69 Å². The minimum Gasteiger partial charge on any atom is -0.467 e. The molecule has 1 unspecified atom stereocenters. The number of nitrogens with one attached hydrogen (secondary N) is 1. The van der Waals surface area contributed by atoms with Gasteiger partial charge < -0.3 is 14.5 Å². The first-order chi connectivity index (χ1) is 9.51. The molecule has 1 amide bonds. The van der Waals surface area contributed by atoms with Crippen molar-refractivity contribution in [1.29, 1.82) is 0 Å². The third-order valence-corrected chi connectivity index (χ3v) is 3.06. The number of methoxy groups -OCH3 is 1. The normalized spacial score (nSPS) is 12.2. The van der Waals surface area contributed by atoms with E-state index in [4.69, 9.17) is 4.42 Å². The molecule has 0 aliphatic carbocycles. The smallest absolute Gasteiger partial charge is 0.328 e. The summed E-state index contributed by atoms with van der Waals surface area (Å²) in [6, 6.07) is 2.68. The molecule has 0 fully saturated rings. The van der Waals surface area contributed by atoms with Crippen molar-refractivity contribution in [3.63, 3.8) is 0 Å². The third-order valence-electron chi connectivity index (χ3n) is 3.06. The number of ether oxygens (including phenoxy) is 1. The summed E-state index contributed by atoms with van der Waals surface area (Å²) in [6.07, 6.45) is 0. The molecular formula is C14H22N2O4. The van der Waals surface area contributed by atoms with Gasteiger partial charge in [0.25, 0.3) is 5.91 Å². The zero-order valence-corrected chi connectivity index (χ0v) is 12.4. The third kappa shape index (κ3) is 4.38. The summed E-state index contributed by atoms with van der Waals surface area (Å²) >= 11 is 0. The first-order valence-corrected chi connectivity index (χ1v) is 6.71. The maximum atomic E-state index is 11.9. The Morgan fingerprint density at radius 1 is 1.35 bits per heavy atom. The Labute approximate surface area is 119 Å². The van der Waals surface area contributed by atoms with Gasteiger partial charge in [0.2, 0.25) is 0 Å². The second-order valence-corrected chi connectivity index (χ2v) is 4.45. The second-order valence-electron chi connectivity index (χ2n) is 4.45. The van der Waals surface area contributed by atoms with Gasteiger partial charge >= 0.3 is 5.97 Å². The van der Waals surface area contributed by atoms with E-state index in [1.54, 1.807) is 19.1 Å². The average Bonchev–Trinajstić information content (AvgIpc) is 2.92. The van der Waals surface area contributed by atoms with Gasteiger partial charge in [0.15, 0.2) is 5.76 Å². The van der Waals surface area contributed by atoms with Gasteiger partial charge in [0, 0.05) is 0 Å². The van der Waals surface area contributed by atoms with E-state index < -0.39 is 17.9 Å². The number of hydrogen-bond donors (Lipinski definition) is 1. The lowest BCUT2D eigenvalue weighted by Gasteiger charge is -2.15. The quantitative estimate of drug-likeness (QED) is 0.766. The van der Waals surface area contributed by atoms with E-state index in [-0.39, 0.29) is 5.76 Å². The number of hydrogen-bond acceptors (Lipinski definition) is 5. The number of esters is 1. The molecule has 1 heterocycles. The second kappa shape index (κ2) is 7.69. The van der Waals surface area contributed by atoms with Crippen LogP contribution in [0.1, 0.15) is 37.1 Å². The molecule has 20 heavy (non-hydrogen) atoms. The maximum Gasteiger partial charge on any atom is 0.328 e. The Hall–Kier alpha value is -1.82. The van der Waals surface area contributed by atoms with Crippen LogP contribution >= 0.6 is 0 Å². The standard InChI is InChI=1S/C14H22N2O4/c1-5-16(6-2)9-11-7-8-12(20-11)13(17)15-10(3)14(18)19-4/h7-8,10H,5-6,9H2,1-4H3,(H,15,17). The maximum absolute atomic E-state index is 11.9. The fraction of sp³-hybridized carbons (Fsp3) is 0.571. The van der Waals surface area contributed by atoms with Crippen LogP contribution in [-0.2, 0) is 16.1 Å².